The van der Waals surface area contributed by atoms with Crippen LogP contribution in [0.4, 0.5) is 5.69 Å². The van der Waals surface area contributed by atoms with Crippen molar-refractivity contribution in [2.45, 2.75) is 31.6 Å². The largest absolute Gasteiger partial charge is 0.325 e. The van der Waals surface area contributed by atoms with Gasteiger partial charge in [0.2, 0.25) is 5.91 Å². The summed E-state index contributed by atoms with van der Waals surface area (Å²) in [5, 5.41) is 2.25. The van der Waals surface area contributed by atoms with Crippen LogP contribution in [0.5, 0.6) is 0 Å². The van der Waals surface area contributed by atoms with Gasteiger partial charge in [0.25, 0.3) is 0 Å². The van der Waals surface area contributed by atoms with Crippen molar-refractivity contribution in [2.75, 3.05) is 5.32 Å². The molecular formula is C13H14ClNO2. The summed E-state index contributed by atoms with van der Waals surface area (Å²) in [4.78, 5) is 23.5. The van der Waals surface area contributed by atoms with E-state index in [1.165, 1.54) is 0 Å². The highest BCUT2D eigenvalue weighted by Crippen LogP contribution is 2.37. The Balaban J connectivity index is 2.49. The zero-order valence-electron chi connectivity index (χ0n) is 10.0. The number of amides is 1. The average Bonchev–Trinajstić information content (AvgIpc) is 2.49. The molecule has 0 spiro atoms. The minimum absolute atomic E-state index is 0.0454. The SMILES string of the molecule is C[C@H](Cl)C(=O)c1ccc2c(c1)C(C)(C)C(=O)N2. The molecule has 0 aromatic heterocycles. The number of hydrogen-bond donors (Lipinski definition) is 1. The van der Waals surface area contributed by atoms with E-state index < -0.39 is 10.8 Å². The quantitative estimate of drug-likeness (QED) is 0.649. The highest BCUT2D eigenvalue weighted by atomic mass is 35.5. The number of fused-ring (bicyclic) bond motifs is 1. The molecule has 1 aromatic carbocycles. The van der Waals surface area contributed by atoms with Crippen LogP contribution in [0.15, 0.2) is 18.2 Å². The third kappa shape index (κ3) is 1.84. The molecule has 0 bridgehead atoms. The van der Waals surface area contributed by atoms with E-state index in [4.69, 9.17) is 11.6 Å². The van der Waals surface area contributed by atoms with Gasteiger partial charge in [-0.3, -0.25) is 9.59 Å². The number of benzene rings is 1. The van der Waals surface area contributed by atoms with Crippen LogP contribution >= 0.6 is 11.6 Å². The van der Waals surface area contributed by atoms with E-state index in [1.807, 2.05) is 13.8 Å². The van der Waals surface area contributed by atoms with Crippen molar-refractivity contribution >= 4 is 29.0 Å². The Labute approximate surface area is 105 Å². The topological polar surface area (TPSA) is 46.2 Å². The Morgan fingerprint density at radius 3 is 2.65 bits per heavy atom. The van der Waals surface area contributed by atoms with Crippen LogP contribution in [0.1, 0.15) is 36.7 Å². The molecule has 2 rings (SSSR count). The number of Topliss-reactive ketones (excluding diaryl/α,β-unsaturated/α-hetero) is 1. The monoisotopic (exact) mass is 251 g/mol. The van der Waals surface area contributed by atoms with Crippen molar-refractivity contribution in [1.82, 2.24) is 0 Å². The summed E-state index contributed by atoms with van der Waals surface area (Å²) in [6, 6.07) is 5.21. The first-order valence-corrected chi connectivity index (χ1v) is 5.92. The molecule has 1 heterocycles. The maximum atomic E-state index is 11.8. The summed E-state index contributed by atoms with van der Waals surface area (Å²) in [6.07, 6.45) is 0. The fraction of sp³-hybridized carbons (Fsp3) is 0.385. The van der Waals surface area contributed by atoms with Crippen LogP contribution in [-0.2, 0) is 10.2 Å². The Morgan fingerprint density at radius 1 is 1.41 bits per heavy atom. The minimum atomic E-state index is -0.596. The molecule has 4 heteroatoms. The molecule has 1 aliphatic rings. The Morgan fingerprint density at radius 2 is 2.06 bits per heavy atom. The lowest BCUT2D eigenvalue weighted by Gasteiger charge is -2.15. The van der Waals surface area contributed by atoms with Crippen LogP contribution in [-0.4, -0.2) is 17.1 Å². The van der Waals surface area contributed by atoms with E-state index in [0.29, 0.717) is 5.56 Å². The first-order chi connectivity index (χ1) is 7.84. The fourth-order valence-corrected chi connectivity index (χ4v) is 2.08. The third-order valence-electron chi connectivity index (χ3n) is 3.15. The number of halogens is 1. The van der Waals surface area contributed by atoms with Crippen LogP contribution < -0.4 is 5.32 Å². The predicted molar refractivity (Wildman–Crippen MR) is 67.7 cm³/mol. The van der Waals surface area contributed by atoms with Gasteiger partial charge in [0, 0.05) is 11.3 Å². The van der Waals surface area contributed by atoms with Gasteiger partial charge in [-0.1, -0.05) is 0 Å². The summed E-state index contributed by atoms with van der Waals surface area (Å²) in [5.41, 5.74) is 1.58. The van der Waals surface area contributed by atoms with E-state index in [9.17, 15) is 9.59 Å². The van der Waals surface area contributed by atoms with Crippen LogP contribution in [0.25, 0.3) is 0 Å². The zero-order chi connectivity index (χ0) is 12.8. The van der Waals surface area contributed by atoms with Gasteiger partial charge in [-0.25, -0.2) is 0 Å². The molecule has 1 aromatic rings. The van der Waals surface area contributed by atoms with Crippen molar-refractivity contribution < 1.29 is 9.59 Å². The fourth-order valence-electron chi connectivity index (χ4n) is 1.95. The van der Waals surface area contributed by atoms with Crippen molar-refractivity contribution in [3.05, 3.63) is 29.3 Å². The van der Waals surface area contributed by atoms with Gasteiger partial charge in [0.05, 0.1) is 10.8 Å². The van der Waals surface area contributed by atoms with E-state index in [1.54, 1.807) is 25.1 Å². The first-order valence-electron chi connectivity index (χ1n) is 5.48. The Kier molecular flexibility index (Phi) is 2.74. The van der Waals surface area contributed by atoms with Gasteiger partial charge in [-0.15, -0.1) is 11.6 Å². The number of carbonyl (C=O) groups is 2. The predicted octanol–water partition coefficient (Wildman–Crippen LogP) is 2.73. The van der Waals surface area contributed by atoms with E-state index in [2.05, 4.69) is 5.32 Å². The van der Waals surface area contributed by atoms with Crippen molar-refractivity contribution in [1.29, 1.82) is 0 Å². The van der Waals surface area contributed by atoms with E-state index in [-0.39, 0.29) is 11.7 Å². The molecule has 1 atom stereocenters. The lowest BCUT2D eigenvalue weighted by Crippen LogP contribution is -2.27. The normalized spacial score (nSPS) is 18.5. The highest BCUT2D eigenvalue weighted by Gasteiger charge is 2.38. The van der Waals surface area contributed by atoms with Gasteiger partial charge < -0.3 is 5.32 Å². The molecule has 17 heavy (non-hydrogen) atoms. The van der Waals surface area contributed by atoms with Crippen molar-refractivity contribution in [3.8, 4) is 0 Å². The third-order valence-corrected chi connectivity index (χ3v) is 3.35. The average molecular weight is 252 g/mol. The van der Waals surface area contributed by atoms with Gasteiger partial charge >= 0.3 is 0 Å². The summed E-state index contributed by atoms with van der Waals surface area (Å²) >= 11 is 5.78. The smallest absolute Gasteiger partial charge is 0.234 e. The molecule has 0 saturated carbocycles. The summed E-state index contributed by atoms with van der Waals surface area (Å²) in [7, 11) is 0. The molecule has 1 amide bonds. The van der Waals surface area contributed by atoms with Crippen LogP contribution in [0.3, 0.4) is 0 Å². The van der Waals surface area contributed by atoms with E-state index in [0.717, 1.165) is 11.3 Å². The van der Waals surface area contributed by atoms with Gasteiger partial charge in [-0.2, -0.15) is 0 Å². The number of carbonyl (C=O) groups excluding carboxylic acids is 2. The molecule has 0 fully saturated rings. The molecule has 0 unspecified atom stereocenters. The molecular weight excluding hydrogens is 238 g/mol. The van der Waals surface area contributed by atoms with Crippen molar-refractivity contribution in [2.24, 2.45) is 0 Å². The first kappa shape index (κ1) is 12.1. The summed E-state index contributed by atoms with van der Waals surface area (Å²) < 4.78 is 0. The Bertz CT molecular complexity index is 506. The van der Waals surface area contributed by atoms with Gasteiger partial charge in [-0.05, 0) is 44.5 Å². The molecule has 1 N–H and O–H groups in total. The molecule has 90 valence electrons. The highest BCUT2D eigenvalue weighted by molar-refractivity contribution is 6.33. The molecule has 3 nitrogen and oxygen atoms in total. The number of nitrogens with one attached hydrogen (secondary N) is 1. The second-order valence-electron chi connectivity index (χ2n) is 4.82. The van der Waals surface area contributed by atoms with Crippen LogP contribution in [0.2, 0.25) is 0 Å². The molecule has 1 aliphatic heterocycles. The molecule has 0 aliphatic carbocycles. The maximum Gasteiger partial charge on any atom is 0.234 e. The summed E-state index contributed by atoms with van der Waals surface area (Å²) in [5.74, 6) is -0.166. The number of hydrogen-bond acceptors (Lipinski definition) is 2. The number of anilines is 1. The second-order valence-corrected chi connectivity index (χ2v) is 5.47. The van der Waals surface area contributed by atoms with Crippen LogP contribution in [0, 0.1) is 0 Å². The number of ketones is 1. The lowest BCUT2D eigenvalue weighted by atomic mass is 9.85. The van der Waals surface area contributed by atoms with Crippen molar-refractivity contribution in [3.63, 3.8) is 0 Å². The van der Waals surface area contributed by atoms with Gasteiger partial charge in [0.15, 0.2) is 5.78 Å². The van der Waals surface area contributed by atoms with E-state index >= 15 is 0 Å². The molecule has 0 radical (unpaired) electrons. The standard InChI is InChI=1S/C13H14ClNO2/c1-7(14)11(16)8-4-5-10-9(6-8)13(2,3)12(17)15-10/h4-7H,1-3H3,(H,15,17)/t7-/m0/s1. The second kappa shape index (κ2) is 3.84. The van der Waals surface area contributed by atoms with Gasteiger partial charge in [0.1, 0.15) is 0 Å². The minimum Gasteiger partial charge on any atom is -0.325 e. The maximum absolute atomic E-state index is 11.8. The number of rotatable bonds is 2. The summed E-state index contributed by atoms with van der Waals surface area (Å²) in [6.45, 7) is 5.32. The number of alkyl halides is 1. The zero-order valence-corrected chi connectivity index (χ0v) is 10.8. The Hall–Kier alpha value is -1.35. The molecule has 0 saturated heterocycles. The lowest BCUT2D eigenvalue weighted by molar-refractivity contribution is -0.119.